The summed E-state index contributed by atoms with van der Waals surface area (Å²) in [5.41, 5.74) is 5.02. The van der Waals surface area contributed by atoms with Crippen LogP contribution in [0.4, 0.5) is 9.59 Å². The predicted molar refractivity (Wildman–Crippen MR) is 205 cm³/mol. The van der Waals surface area contributed by atoms with Crippen molar-refractivity contribution in [1.29, 1.82) is 0 Å². The first kappa shape index (κ1) is 32.5. The van der Waals surface area contributed by atoms with Crippen molar-refractivity contribution in [2.24, 2.45) is 11.3 Å². The van der Waals surface area contributed by atoms with Gasteiger partial charge in [0.25, 0.3) is 0 Å². The van der Waals surface area contributed by atoms with Crippen molar-refractivity contribution in [3.8, 4) is 11.1 Å². The molecule has 2 N–H and O–H groups in total. The van der Waals surface area contributed by atoms with E-state index in [1.807, 2.05) is 51.3 Å². The number of imidazole rings is 2. The van der Waals surface area contributed by atoms with Crippen LogP contribution in [0.3, 0.4) is 0 Å². The molecule has 10 nitrogen and oxygen atoms in total. The first-order valence-electron chi connectivity index (χ1n) is 19.0. The van der Waals surface area contributed by atoms with Crippen LogP contribution in [-0.2, 0) is 9.47 Å². The number of nitrogens with zero attached hydrogens (tertiary/aromatic N) is 4. The van der Waals surface area contributed by atoms with E-state index in [-0.39, 0.29) is 41.8 Å². The second-order valence-electron chi connectivity index (χ2n) is 18.2. The van der Waals surface area contributed by atoms with E-state index in [0.29, 0.717) is 5.92 Å². The van der Waals surface area contributed by atoms with Gasteiger partial charge in [0.05, 0.1) is 34.2 Å². The van der Waals surface area contributed by atoms with E-state index in [2.05, 4.69) is 77.6 Å². The number of fused-ring (bicyclic) bond motifs is 8. The highest BCUT2D eigenvalue weighted by Gasteiger charge is 2.64. The van der Waals surface area contributed by atoms with E-state index in [1.54, 1.807) is 0 Å². The van der Waals surface area contributed by atoms with Crippen molar-refractivity contribution in [2.75, 3.05) is 0 Å². The lowest BCUT2D eigenvalue weighted by Crippen LogP contribution is -2.38. The highest BCUT2D eigenvalue weighted by molar-refractivity contribution is 6.07. The summed E-state index contributed by atoms with van der Waals surface area (Å²) in [6.07, 6.45) is 3.31. The van der Waals surface area contributed by atoms with Gasteiger partial charge in [0.15, 0.2) is 0 Å². The van der Waals surface area contributed by atoms with E-state index < -0.39 is 11.2 Å². The predicted octanol–water partition coefficient (Wildman–Crippen LogP) is 9.94. The van der Waals surface area contributed by atoms with Gasteiger partial charge in [-0.05, 0) is 125 Å². The van der Waals surface area contributed by atoms with Gasteiger partial charge < -0.3 is 19.4 Å². The van der Waals surface area contributed by atoms with Crippen LogP contribution in [0.2, 0.25) is 0 Å². The zero-order valence-corrected chi connectivity index (χ0v) is 31.4. The number of rotatable bonds is 3. The smallest absolute Gasteiger partial charge is 0.411 e. The maximum absolute atomic E-state index is 13.3. The summed E-state index contributed by atoms with van der Waals surface area (Å²) in [5, 5.41) is 4.36. The summed E-state index contributed by atoms with van der Waals surface area (Å²) in [7, 11) is 0. The molecule has 6 aromatic rings. The number of aromatic amines is 2. The van der Waals surface area contributed by atoms with Crippen LogP contribution in [0, 0.1) is 11.3 Å². The summed E-state index contributed by atoms with van der Waals surface area (Å²) in [6.45, 7) is 13.7. The third-order valence-corrected chi connectivity index (χ3v) is 11.9. The quantitative estimate of drug-likeness (QED) is 0.189. The monoisotopic (exact) mass is 710 g/mol. The fourth-order valence-electron chi connectivity index (χ4n) is 9.19. The molecule has 2 aromatic heterocycles. The minimum Gasteiger partial charge on any atom is -0.444 e. The van der Waals surface area contributed by atoms with E-state index in [1.165, 1.54) is 0 Å². The van der Waals surface area contributed by atoms with E-state index in [0.717, 1.165) is 92.1 Å². The van der Waals surface area contributed by atoms with Gasteiger partial charge in [0.1, 0.15) is 22.9 Å². The number of likely N-dealkylation sites (tertiary alicyclic amines) is 2. The Hall–Kier alpha value is -5.12. The van der Waals surface area contributed by atoms with Gasteiger partial charge in [0, 0.05) is 22.9 Å². The molecule has 4 heterocycles. The Bertz CT molecular complexity index is 2520. The first-order chi connectivity index (χ1) is 25.1. The summed E-state index contributed by atoms with van der Waals surface area (Å²) in [5.74, 6) is 2.16. The van der Waals surface area contributed by atoms with Gasteiger partial charge in [0.2, 0.25) is 0 Å². The Labute approximate surface area is 308 Å². The number of nitrogens with one attached hydrogen (secondary N) is 2. The van der Waals surface area contributed by atoms with Gasteiger partial charge in [-0.25, -0.2) is 19.6 Å². The lowest BCUT2D eigenvalue weighted by Gasteiger charge is -2.29. The Kier molecular flexibility index (Phi) is 6.59. The van der Waals surface area contributed by atoms with Crippen LogP contribution < -0.4 is 0 Å². The van der Waals surface area contributed by atoms with Crippen molar-refractivity contribution >= 4 is 55.8 Å². The molecule has 0 radical (unpaired) electrons. The number of aromatic nitrogens is 4. The lowest BCUT2D eigenvalue weighted by atomic mass is 9.98. The van der Waals surface area contributed by atoms with E-state index in [4.69, 9.17) is 19.4 Å². The van der Waals surface area contributed by atoms with Crippen LogP contribution >= 0.6 is 0 Å². The Morgan fingerprint density at radius 2 is 1.23 bits per heavy atom. The van der Waals surface area contributed by atoms with Crippen LogP contribution in [0.25, 0.3) is 54.7 Å². The number of carbonyl (C=O) groups is 2. The van der Waals surface area contributed by atoms with E-state index in [9.17, 15) is 9.59 Å². The van der Waals surface area contributed by atoms with Crippen molar-refractivity contribution in [1.82, 2.24) is 29.7 Å². The molecule has 6 atom stereocenters. The van der Waals surface area contributed by atoms with Gasteiger partial charge in [-0.2, -0.15) is 0 Å². The molecule has 0 bridgehead atoms. The molecule has 53 heavy (non-hydrogen) atoms. The Morgan fingerprint density at radius 3 is 1.77 bits per heavy atom. The van der Waals surface area contributed by atoms with Gasteiger partial charge in [-0.15, -0.1) is 0 Å². The molecular formula is C43H46N6O4. The summed E-state index contributed by atoms with van der Waals surface area (Å²) < 4.78 is 11.6. The number of piperidine rings is 2. The molecule has 4 aromatic carbocycles. The summed E-state index contributed by atoms with van der Waals surface area (Å²) in [6, 6.07) is 21.8. The van der Waals surface area contributed by atoms with Crippen LogP contribution in [-0.4, -0.2) is 65.2 Å². The lowest BCUT2D eigenvalue weighted by molar-refractivity contribution is 0.0164. The SMILES string of the molecule is CC(C)(C)OC(=O)N1C2CC2(C)C[C@H]1c1nc2c(ccc3cc(-c4ccc5c(ccc6[nH]c([C@@H]7C[C@H]8C[C@H]8N7C(=O)OC(C)(C)C)nc65)c4)ccc32)[nH]1. The minimum atomic E-state index is -0.556. The molecule has 4 fully saturated rings. The number of amides is 2. The normalized spacial score (nSPS) is 26.4. The van der Waals surface area contributed by atoms with Crippen LogP contribution in [0.1, 0.15) is 97.9 Å². The highest BCUT2D eigenvalue weighted by Crippen LogP contribution is 2.63. The van der Waals surface area contributed by atoms with Crippen molar-refractivity contribution in [3.63, 3.8) is 0 Å². The topological polar surface area (TPSA) is 116 Å². The molecule has 2 unspecified atom stereocenters. The fraction of sp³-hybridized carbons (Fsp3) is 0.442. The number of hydrogen-bond donors (Lipinski definition) is 2. The first-order valence-corrected chi connectivity index (χ1v) is 19.0. The molecule has 2 saturated heterocycles. The number of hydrogen-bond acceptors (Lipinski definition) is 6. The molecule has 2 aliphatic carbocycles. The Morgan fingerprint density at radius 1 is 0.698 bits per heavy atom. The van der Waals surface area contributed by atoms with Gasteiger partial charge in [-0.3, -0.25) is 9.80 Å². The molecule has 2 saturated carbocycles. The molecule has 0 spiro atoms. The van der Waals surface area contributed by atoms with Gasteiger partial charge >= 0.3 is 12.2 Å². The third-order valence-electron chi connectivity index (χ3n) is 11.9. The molecule has 4 aliphatic rings. The average Bonchev–Trinajstić information content (AvgIpc) is 3.65. The minimum absolute atomic E-state index is 0.110. The zero-order chi connectivity index (χ0) is 36.8. The number of benzene rings is 4. The molecule has 272 valence electrons. The average molecular weight is 711 g/mol. The molecule has 10 rings (SSSR count). The maximum Gasteiger partial charge on any atom is 0.411 e. The number of ether oxygens (including phenoxy) is 2. The molecule has 2 aliphatic heterocycles. The third kappa shape index (κ3) is 5.35. The van der Waals surface area contributed by atoms with E-state index >= 15 is 0 Å². The van der Waals surface area contributed by atoms with Crippen LogP contribution in [0.5, 0.6) is 0 Å². The molecule has 10 heteroatoms. The van der Waals surface area contributed by atoms with Crippen molar-refractivity contribution in [3.05, 3.63) is 72.3 Å². The number of H-pyrrole nitrogens is 2. The Balaban J connectivity index is 0.944. The standard InChI is InChI=1S/C43H46N6O4/c1-41(2,3)52-39(50)48-31-18-26(31)19-32(48)37-44-29-14-10-24-16-22(8-12-27(24)35(29)46-37)23-9-13-28-25(17-23)11-15-30-36(28)47-38(45-30)33-20-43(7)21-34(43)49(33)40(51)53-42(4,5)6/h8-17,26,31-34H,18-21H2,1-7H3,(H,44,46)(H,45,47)/t26-,31-,32+,33+,34?,43?/m1/s1. The highest BCUT2D eigenvalue weighted by atomic mass is 16.6. The van der Waals surface area contributed by atoms with Crippen LogP contribution in [0.15, 0.2) is 60.7 Å². The zero-order valence-electron chi connectivity index (χ0n) is 31.4. The molecular weight excluding hydrogens is 665 g/mol. The number of carbonyl (C=O) groups excluding carboxylic acids is 2. The second-order valence-corrected chi connectivity index (χ2v) is 18.2. The van der Waals surface area contributed by atoms with Crippen molar-refractivity contribution in [2.45, 2.75) is 110 Å². The summed E-state index contributed by atoms with van der Waals surface area (Å²) >= 11 is 0. The molecule has 2 amide bonds. The summed E-state index contributed by atoms with van der Waals surface area (Å²) in [4.78, 5) is 47.8. The fourth-order valence-corrected chi connectivity index (χ4v) is 9.19. The van der Waals surface area contributed by atoms with Gasteiger partial charge in [-0.1, -0.05) is 43.3 Å². The maximum atomic E-state index is 13.3. The second kappa shape index (κ2) is 10.7. The van der Waals surface area contributed by atoms with Crippen molar-refractivity contribution < 1.29 is 19.1 Å². The largest absolute Gasteiger partial charge is 0.444 e.